The maximum atomic E-state index is 5.46. The molecule has 12 rings (SSSR count). The monoisotopic (exact) mass is 718 g/mol. The smallest absolute Gasteiger partial charge is 0.235 e. The van der Waals surface area contributed by atoms with E-state index >= 15 is 0 Å². The van der Waals surface area contributed by atoms with E-state index in [0.29, 0.717) is 5.95 Å². The minimum atomic E-state index is 0.666. The Morgan fingerprint density at radius 3 is 1.80 bits per heavy atom. The molecule has 0 amide bonds. The summed E-state index contributed by atoms with van der Waals surface area (Å²) in [4.78, 5) is 10.8. The molecule has 256 valence electrons. The van der Waals surface area contributed by atoms with Gasteiger partial charge in [0.1, 0.15) is 0 Å². The summed E-state index contributed by atoms with van der Waals surface area (Å²) in [5.74, 6) is 0.666. The van der Waals surface area contributed by atoms with Crippen molar-refractivity contribution in [3.8, 4) is 34.0 Å². The second kappa shape index (κ2) is 11.7. The highest BCUT2D eigenvalue weighted by atomic mass is 32.1. The zero-order chi connectivity index (χ0) is 36.0. The average molecular weight is 719 g/mol. The van der Waals surface area contributed by atoms with Crippen LogP contribution < -0.4 is 0 Å². The summed E-state index contributed by atoms with van der Waals surface area (Å²) >= 11 is 1.82. The van der Waals surface area contributed by atoms with Crippen LogP contribution in [0.4, 0.5) is 0 Å². The molecule has 0 spiro atoms. The third kappa shape index (κ3) is 4.51. The van der Waals surface area contributed by atoms with E-state index in [1.807, 2.05) is 11.3 Å². The topological polar surface area (TPSA) is 35.6 Å². The summed E-state index contributed by atoms with van der Waals surface area (Å²) in [5, 5.41) is 8.45. The molecule has 0 saturated heterocycles. The predicted octanol–water partition coefficient (Wildman–Crippen LogP) is 13.5. The quantitative estimate of drug-likeness (QED) is 0.182. The van der Waals surface area contributed by atoms with Gasteiger partial charge in [0.25, 0.3) is 0 Å². The van der Waals surface area contributed by atoms with Crippen LogP contribution in [0, 0.1) is 0 Å². The number of aromatic nitrogens is 4. The van der Waals surface area contributed by atoms with Gasteiger partial charge in [-0.1, -0.05) is 127 Å². The van der Waals surface area contributed by atoms with Gasteiger partial charge < -0.3 is 4.57 Å². The standard InChI is InChI=1S/C50H30N4S/c1-3-13-31(14-4-1)48-47-41(27-26-39-38-19-9-12-22-46(38)55-49(39)47)51-50(52-48)54-43-21-11-8-18-36(43)40-29-32(24-28-44(40)54)33-23-25-37-35-17-7-10-20-42(35)53(45(37)30-33)34-15-5-2-6-16-34/h1-30H. The van der Waals surface area contributed by atoms with E-state index < -0.39 is 0 Å². The average Bonchev–Trinajstić information content (AvgIpc) is 3.91. The predicted molar refractivity (Wildman–Crippen MR) is 232 cm³/mol. The van der Waals surface area contributed by atoms with Crippen LogP contribution in [0.1, 0.15) is 0 Å². The zero-order valence-electron chi connectivity index (χ0n) is 29.5. The highest BCUT2D eigenvalue weighted by molar-refractivity contribution is 7.26. The summed E-state index contributed by atoms with van der Waals surface area (Å²) in [7, 11) is 0. The van der Waals surface area contributed by atoms with Crippen LogP contribution in [0.15, 0.2) is 182 Å². The molecule has 0 saturated carbocycles. The minimum absolute atomic E-state index is 0.666. The molecular weight excluding hydrogens is 689 g/mol. The van der Waals surface area contributed by atoms with E-state index in [-0.39, 0.29) is 0 Å². The second-order valence-electron chi connectivity index (χ2n) is 14.2. The number of thiophene rings is 1. The van der Waals surface area contributed by atoms with Gasteiger partial charge in [0.05, 0.1) is 33.3 Å². The SMILES string of the molecule is c1ccc(-c2nc(-n3c4ccccc4c4cc(-c5ccc6c7ccccc7n(-c7ccccc7)c6c5)ccc43)nc3ccc4c5ccccc5sc4c23)cc1. The molecule has 8 aromatic carbocycles. The van der Waals surface area contributed by atoms with Crippen LogP contribution in [0.2, 0.25) is 0 Å². The van der Waals surface area contributed by atoms with Crippen molar-refractivity contribution in [1.82, 2.24) is 19.1 Å². The normalized spacial score (nSPS) is 12.0. The number of rotatable bonds is 4. The first-order valence-corrected chi connectivity index (χ1v) is 19.4. The highest BCUT2D eigenvalue weighted by Gasteiger charge is 2.21. The first kappa shape index (κ1) is 30.4. The fourth-order valence-electron chi connectivity index (χ4n) is 8.67. The summed E-state index contributed by atoms with van der Waals surface area (Å²) in [6.45, 7) is 0. The maximum Gasteiger partial charge on any atom is 0.235 e. The van der Waals surface area contributed by atoms with Crippen molar-refractivity contribution in [3.63, 3.8) is 0 Å². The first-order valence-electron chi connectivity index (χ1n) is 18.6. The van der Waals surface area contributed by atoms with Crippen molar-refractivity contribution in [2.24, 2.45) is 0 Å². The lowest BCUT2D eigenvalue weighted by Gasteiger charge is -2.13. The Hall–Kier alpha value is -7.08. The molecule has 0 N–H and O–H groups in total. The first-order chi connectivity index (χ1) is 27.3. The van der Waals surface area contributed by atoms with E-state index in [4.69, 9.17) is 9.97 Å². The van der Waals surface area contributed by atoms with Crippen LogP contribution in [0.5, 0.6) is 0 Å². The molecule has 0 unspecified atom stereocenters. The van der Waals surface area contributed by atoms with Gasteiger partial charge in [0, 0.05) is 58.4 Å². The lowest BCUT2D eigenvalue weighted by molar-refractivity contribution is 1.01. The van der Waals surface area contributed by atoms with Gasteiger partial charge in [-0.2, -0.15) is 0 Å². The summed E-state index contributed by atoms with van der Waals surface area (Å²) < 4.78 is 7.12. The van der Waals surface area contributed by atoms with Crippen LogP contribution in [-0.4, -0.2) is 19.1 Å². The van der Waals surface area contributed by atoms with Gasteiger partial charge in [0.2, 0.25) is 5.95 Å². The number of hydrogen-bond acceptors (Lipinski definition) is 3. The van der Waals surface area contributed by atoms with Crippen LogP contribution >= 0.6 is 11.3 Å². The molecular formula is C50H30N4S. The summed E-state index contributed by atoms with van der Waals surface area (Å²) in [6.07, 6.45) is 0. The highest BCUT2D eigenvalue weighted by Crippen LogP contribution is 2.43. The molecule has 12 aromatic rings. The minimum Gasteiger partial charge on any atom is -0.309 e. The van der Waals surface area contributed by atoms with Crippen molar-refractivity contribution < 1.29 is 0 Å². The van der Waals surface area contributed by atoms with Gasteiger partial charge in [-0.3, -0.25) is 4.57 Å². The van der Waals surface area contributed by atoms with Gasteiger partial charge in [-0.05, 0) is 65.7 Å². The van der Waals surface area contributed by atoms with Crippen molar-refractivity contribution in [2.45, 2.75) is 0 Å². The summed E-state index contributed by atoms with van der Waals surface area (Å²) in [5.41, 5.74) is 11.0. The molecule has 5 heteroatoms. The van der Waals surface area contributed by atoms with E-state index in [9.17, 15) is 0 Å². The lowest BCUT2D eigenvalue weighted by Crippen LogP contribution is -2.03. The molecule has 0 radical (unpaired) electrons. The van der Waals surface area contributed by atoms with Crippen LogP contribution in [0.3, 0.4) is 0 Å². The van der Waals surface area contributed by atoms with Crippen molar-refractivity contribution in [2.75, 3.05) is 0 Å². The molecule has 0 aliphatic carbocycles. The van der Waals surface area contributed by atoms with Crippen molar-refractivity contribution >= 4 is 86.0 Å². The van der Waals surface area contributed by atoms with E-state index in [1.165, 1.54) is 63.9 Å². The molecule has 4 aromatic heterocycles. The molecule has 4 heterocycles. The van der Waals surface area contributed by atoms with Gasteiger partial charge >= 0.3 is 0 Å². The number of hydrogen-bond donors (Lipinski definition) is 0. The Kier molecular flexibility index (Phi) is 6.47. The molecule has 0 atom stereocenters. The summed E-state index contributed by atoms with van der Waals surface area (Å²) in [6, 6.07) is 65.3. The zero-order valence-corrected chi connectivity index (χ0v) is 30.3. The largest absolute Gasteiger partial charge is 0.309 e. The molecule has 4 nitrogen and oxygen atoms in total. The molecule has 0 bridgehead atoms. The Labute approximate surface area is 319 Å². The number of nitrogens with zero attached hydrogens (tertiary/aromatic N) is 4. The Morgan fingerprint density at radius 2 is 0.982 bits per heavy atom. The van der Waals surface area contributed by atoms with Gasteiger partial charge in [-0.15, -0.1) is 11.3 Å². The van der Waals surface area contributed by atoms with E-state index in [2.05, 4.69) is 191 Å². The maximum absolute atomic E-state index is 5.46. The van der Waals surface area contributed by atoms with E-state index in [0.717, 1.165) is 38.9 Å². The molecule has 0 aliphatic heterocycles. The van der Waals surface area contributed by atoms with Gasteiger partial charge in [-0.25, -0.2) is 9.97 Å². The fourth-order valence-corrected chi connectivity index (χ4v) is 9.91. The van der Waals surface area contributed by atoms with Crippen LogP contribution in [-0.2, 0) is 0 Å². The molecule has 0 aliphatic rings. The Bertz CT molecular complexity index is 3480. The number of benzene rings is 8. The van der Waals surface area contributed by atoms with Crippen LogP contribution in [0.25, 0.3) is 109 Å². The Morgan fingerprint density at radius 1 is 0.382 bits per heavy atom. The Balaban J connectivity index is 1.09. The third-order valence-corrected chi connectivity index (χ3v) is 12.3. The van der Waals surface area contributed by atoms with Crippen molar-refractivity contribution in [1.29, 1.82) is 0 Å². The molecule has 0 fully saturated rings. The number of fused-ring (bicyclic) bond motifs is 11. The fraction of sp³-hybridized carbons (Fsp3) is 0. The third-order valence-electron chi connectivity index (χ3n) is 11.1. The van der Waals surface area contributed by atoms with Gasteiger partial charge in [0.15, 0.2) is 0 Å². The number of para-hydroxylation sites is 3. The lowest BCUT2D eigenvalue weighted by atomic mass is 10.0. The van der Waals surface area contributed by atoms with E-state index in [1.54, 1.807) is 0 Å². The second-order valence-corrected chi connectivity index (χ2v) is 15.2. The molecule has 55 heavy (non-hydrogen) atoms. The van der Waals surface area contributed by atoms with Crippen molar-refractivity contribution in [3.05, 3.63) is 182 Å².